The Labute approximate surface area is 152 Å². The number of benzene rings is 1. The van der Waals surface area contributed by atoms with Gasteiger partial charge in [0.1, 0.15) is 5.69 Å². The molecule has 0 fully saturated rings. The van der Waals surface area contributed by atoms with E-state index in [9.17, 15) is 9.59 Å². The van der Waals surface area contributed by atoms with Gasteiger partial charge in [0.05, 0.1) is 26.4 Å². The number of aryl methyl sites for hydroxylation is 2. The number of H-pyrrole nitrogens is 1. The molecule has 2 N–H and O–H groups in total. The van der Waals surface area contributed by atoms with Crippen LogP contribution in [0.1, 0.15) is 44.6 Å². The van der Waals surface area contributed by atoms with Crippen LogP contribution in [0.5, 0.6) is 11.5 Å². The van der Waals surface area contributed by atoms with Gasteiger partial charge in [-0.25, -0.2) is 4.79 Å². The maximum Gasteiger partial charge on any atom is 0.340 e. The number of anilines is 1. The second-order valence-electron chi connectivity index (χ2n) is 5.82. The predicted octanol–water partition coefficient (Wildman–Crippen LogP) is 3.39. The summed E-state index contributed by atoms with van der Waals surface area (Å²) in [5, 5.41) is 2.85. The maximum atomic E-state index is 12.7. The number of hydrogen-bond acceptors (Lipinski definition) is 5. The smallest absolute Gasteiger partial charge is 0.340 e. The van der Waals surface area contributed by atoms with Crippen LogP contribution in [0.4, 0.5) is 5.69 Å². The van der Waals surface area contributed by atoms with E-state index in [1.54, 1.807) is 40.0 Å². The van der Waals surface area contributed by atoms with Crippen LogP contribution in [0.2, 0.25) is 0 Å². The monoisotopic (exact) mass is 360 g/mol. The largest absolute Gasteiger partial charge is 0.493 e. The van der Waals surface area contributed by atoms with Crippen molar-refractivity contribution in [2.24, 2.45) is 0 Å². The van der Waals surface area contributed by atoms with Gasteiger partial charge in [-0.2, -0.15) is 0 Å². The summed E-state index contributed by atoms with van der Waals surface area (Å²) in [6, 6.07) is 3.48. The molecule has 0 saturated heterocycles. The van der Waals surface area contributed by atoms with Gasteiger partial charge in [0, 0.05) is 17.4 Å². The van der Waals surface area contributed by atoms with Crippen molar-refractivity contribution in [3.63, 3.8) is 0 Å². The van der Waals surface area contributed by atoms with Crippen molar-refractivity contribution in [3.8, 4) is 11.5 Å². The molecule has 0 aliphatic carbocycles. The van der Waals surface area contributed by atoms with Crippen LogP contribution in [-0.4, -0.2) is 37.7 Å². The molecule has 0 saturated carbocycles. The number of aromatic amines is 1. The van der Waals surface area contributed by atoms with Crippen molar-refractivity contribution >= 4 is 17.6 Å². The average molecular weight is 360 g/mol. The van der Waals surface area contributed by atoms with Crippen LogP contribution in [0.15, 0.2) is 12.1 Å². The first-order valence-corrected chi connectivity index (χ1v) is 8.24. The number of hydrogen-bond donors (Lipinski definition) is 2. The normalized spacial score (nSPS) is 10.4. The van der Waals surface area contributed by atoms with E-state index in [2.05, 4.69) is 10.3 Å². The van der Waals surface area contributed by atoms with E-state index in [1.165, 1.54) is 7.11 Å². The minimum Gasteiger partial charge on any atom is -0.493 e. The molecule has 0 radical (unpaired) electrons. The fourth-order valence-corrected chi connectivity index (χ4v) is 2.79. The summed E-state index contributed by atoms with van der Waals surface area (Å²) in [7, 11) is 3.08. The summed E-state index contributed by atoms with van der Waals surface area (Å²) in [6.45, 7) is 7.32. The number of carbonyl (C=O) groups is 2. The van der Waals surface area contributed by atoms with Crippen molar-refractivity contribution < 1.29 is 23.8 Å². The summed E-state index contributed by atoms with van der Waals surface area (Å²) >= 11 is 0. The lowest BCUT2D eigenvalue weighted by Crippen LogP contribution is -2.15. The number of rotatable bonds is 6. The highest BCUT2D eigenvalue weighted by atomic mass is 16.5. The number of esters is 1. The summed E-state index contributed by atoms with van der Waals surface area (Å²) in [4.78, 5) is 27.8. The summed E-state index contributed by atoms with van der Waals surface area (Å²) in [5.74, 6) is 0.302. The lowest BCUT2D eigenvalue weighted by atomic mass is 10.1. The molecule has 1 aromatic carbocycles. The van der Waals surface area contributed by atoms with Gasteiger partial charge in [0.15, 0.2) is 11.5 Å². The molecule has 1 heterocycles. The highest BCUT2D eigenvalue weighted by Crippen LogP contribution is 2.33. The van der Waals surface area contributed by atoms with E-state index < -0.39 is 5.97 Å². The van der Waals surface area contributed by atoms with E-state index in [-0.39, 0.29) is 12.5 Å². The van der Waals surface area contributed by atoms with Gasteiger partial charge in [0.25, 0.3) is 5.91 Å². The number of methoxy groups -OCH3 is 2. The fourth-order valence-electron chi connectivity index (χ4n) is 2.79. The molecule has 0 aliphatic rings. The van der Waals surface area contributed by atoms with Crippen molar-refractivity contribution in [2.75, 3.05) is 26.1 Å². The van der Waals surface area contributed by atoms with Crippen LogP contribution in [0.3, 0.4) is 0 Å². The van der Waals surface area contributed by atoms with Gasteiger partial charge in [0.2, 0.25) is 0 Å². The Morgan fingerprint density at radius 2 is 1.69 bits per heavy atom. The van der Waals surface area contributed by atoms with Crippen LogP contribution in [0.25, 0.3) is 0 Å². The van der Waals surface area contributed by atoms with Gasteiger partial charge in [-0.1, -0.05) is 0 Å². The molecule has 0 unspecified atom stereocenters. The highest BCUT2D eigenvalue weighted by Gasteiger charge is 2.23. The molecule has 140 valence electrons. The summed E-state index contributed by atoms with van der Waals surface area (Å²) in [5.41, 5.74) is 3.27. The summed E-state index contributed by atoms with van der Waals surface area (Å²) in [6.07, 6.45) is 0. The Hall–Kier alpha value is -2.96. The highest BCUT2D eigenvalue weighted by molar-refractivity contribution is 6.07. The first-order valence-electron chi connectivity index (χ1n) is 8.24. The fraction of sp³-hybridized carbons (Fsp3) is 0.368. The van der Waals surface area contributed by atoms with Gasteiger partial charge < -0.3 is 24.5 Å². The molecule has 7 nitrogen and oxygen atoms in total. The Morgan fingerprint density at radius 3 is 2.27 bits per heavy atom. The molecule has 2 aromatic rings. The second-order valence-corrected chi connectivity index (χ2v) is 5.82. The average Bonchev–Trinajstić information content (AvgIpc) is 2.91. The minimum absolute atomic E-state index is 0.273. The lowest BCUT2D eigenvalue weighted by molar-refractivity contribution is 0.0525. The predicted molar refractivity (Wildman–Crippen MR) is 98.5 cm³/mol. The van der Waals surface area contributed by atoms with E-state index in [0.717, 1.165) is 5.56 Å². The van der Waals surface area contributed by atoms with E-state index in [4.69, 9.17) is 14.2 Å². The number of amides is 1. The first-order chi connectivity index (χ1) is 12.3. The molecule has 1 amide bonds. The van der Waals surface area contributed by atoms with Crippen LogP contribution in [-0.2, 0) is 4.74 Å². The number of carbonyl (C=O) groups excluding carboxylic acids is 2. The van der Waals surface area contributed by atoms with E-state index in [0.29, 0.717) is 39.7 Å². The van der Waals surface area contributed by atoms with Crippen molar-refractivity contribution in [1.29, 1.82) is 0 Å². The molecule has 26 heavy (non-hydrogen) atoms. The second kappa shape index (κ2) is 7.95. The summed E-state index contributed by atoms with van der Waals surface area (Å²) < 4.78 is 15.6. The third-order valence-electron chi connectivity index (χ3n) is 4.12. The molecule has 0 spiro atoms. The minimum atomic E-state index is -0.444. The molecule has 7 heteroatoms. The molecule has 1 aromatic heterocycles. The molecule has 2 rings (SSSR count). The number of nitrogens with one attached hydrogen (secondary N) is 2. The van der Waals surface area contributed by atoms with Gasteiger partial charge in [-0.05, 0) is 44.9 Å². The van der Waals surface area contributed by atoms with Gasteiger partial charge in [-0.15, -0.1) is 0 Å². The third-order valence-corrected chi connectivity index (χ3v) is 4.12. The Morgan fingerprint density at radius 1 is 1.08 bits per heavy atom. The SMILES string of the molecule is CCOC(=O)c1c(C)[nH]c(C(=O)Nc2cc(OC)c(OC)cc2C)c1C. The Bertz CT molecular complexity index is 839. The number of ether oxygens (including phenoxy) is 3. The van der Waals surface area contributed by atoms with E-state index in [1.807, 2.05) is 6.92 Å². The Balaban J connectivity index is 2.34. The zero-order valence-electron chi connectivity index (χ0n) is 15.9. The van der Waals surface area contributed by atoms with E-state index >= 15 is 0 Å². The first kappa shape index (κ1) is 19.4. The Kier molecular flexibility index (Phi) is 5.92. The van der Waals surface area contributed by atoms with Crippen molar-refractivity contribution in [2.45, 2.75) is 27.7 Å². The van der Waals surface area contributed by atoms with Crippen molar-refractivity contribution in [1.82, 2.24) is 4.98 Å². The number of aromatic nitrogens is 1. The lowest BCUT2D eigenvalue weighted by Gasteiger charge is -2.13. The molecule has 0 aliphatic heterocycles. The quantitative estimate of drug-likeness (QED) is 0.771. The molecular weight excluding hydrogens is 336 g/mol. The maximum absolute atomic E-state index is 12.7. The van der Waals surface area contributed by atoms with Gasteiger partial charge >= 0.3 is 5.97 Å². The van der Waals surface area contributed by atoms with Crippen LogP contribution >= 0.6 is 0 Å². The van der Waals surface area contributed by atoms with Gasteiger partial charge in [-0.3, -0.25) is 4.79 Å². The van der Waals surface area contributed by atoms with Crippen LogP contribution in [0, 0.1) is 20.8 Å². The standard InChI is InChI=1S/C19H24N2O5/c1-7-26-19(23)16-11(3)17(20-12(16)4)18(22)21-13-9-15(25-6)14(24-5)8-10(13)2/h8-9,20H,7H2,1-6H3,(H,21,22). The zero-order valence-corrected chi connectivity index (χ0v) is 15.9. The van der Waals surface area contributed by atoms with Crippen molar-refractivity contribution in [3.05, 3.63) is 40.2 Å². The van der Waals surface area contributed by atoms with Crippen LogP contribution < -0.4 is 14.8 Å². The molecule has 0 atom stereocenters. The third kappa shape index (κ3) is 3.66. The molecule has 0 bridgehead atoms. The molecular formula is C19H24N2O5. The topological polar surface area (TPSA) is 89.7 Å². The zero-order chi connectivity index (χ0) is 19.4.